The Morgan fingerprint density at radius 1 is 1.53 bits per heavy atom. The number of rotatable bonds is 4. The normalized spacial score (nSPS) is 10.8. The Balaban J connectivity index is 2.20. The summed E-state index contributed by atoms with van der Waals surface area (Å²) in [4.78, 5) is 4.37. The fourth-order valence-electron chi connectivity index (χ4n) is 1.38. The zero-order chi connectivity index (χ0) is 10.7. The van der Waals surface area contributed by atoms with E-state index < -0.39 is 0 Å². The molecule has 0 bridgehead atoms. The van der Waals surface area contributed by atoms with E-state index in [-0.39, 0.29) is 0 Å². The van der Waals surface area contributed by atoms with Crippen molar-refractivity contribution >= 4 is 11.6 Å². The summed E-state index contributed by atoms with van der Waals surface area (Å²) in [7, 11) is 1.67. The van der Waals surface area contributed by atoms with Crippen LogP contribution in [0.25, 0.3) is 5.65 Å². The molecule has 0 radical (unpaired) electrons. The van der Waals surface area contributed by atoms with E-state index in [4.69, 9.17) is 4.74 Å². The highest BCUT2D eigenvalue weighted by Crippen LogP contribution is 2.09. The molecule has 15 heavy (non-hydrogen) atoms. The molecule has 0 aliphatic rings. The number of pyridine rings is 1. The van der Waals surface area contributed by atoms with E-state index in [1.807, 2.05) is 25.3 Å². The number of aromatic nitrogens is 3. The monoisotopic (exact) mass is 206 g/mol. The van der Waals surface area contributed by atoms with Gasteiger partial charge in [-0.05, 0) is 18.6 Å². The second-order valence-corrected chi connectivity index (χ2v) is 3.31. The van der Waals surface area contributed by atoms with Crippen molar-refractivity contribution in [3.8, 4) is 0 Å². The zero-order valence-electron chi connectivity index (χ0n) is 8.90. The quantitative estimate of drug-likeness (QED) is 0.761. The van der Waals surface area contributed by atoms with Crippen LogP contribution in [0.5, 0.6) is 0 Å². The van der Waals surface area contributed by atoms with Crippen LogP contribution in [0.4, 0.5) is 5.95 Å². The molecule has 2 rings (SSSR count). The summed E-state index contributed by atoms with van der Waals surface area (Å²) in [5.41, 5.74) is 2.00. The minimum absolute atomic E-state index is 0.640. The van der Waals surface area contributed by atoms with Crippen LogP contribution in [-0.2, 0) is 4.74 Å². The molecule has 0 saturated heterocycles. The van der Waals surface area contributed by atoms with E-state index in [0.29, 0.717) is 19.1 Å². The van der Waals surface area contributed by atoms with Gasteiger partial charge in [0, 0.05) is 19.9 Å². The first kappa shape index (κ1) is 9.92. The lowest BCUT2D eigenvalue weighted by Gasteiger charge is -1.98. The molecule has 0 unspecified atom stereocenters. The molecule has 5 nitrogen and oxygen atoms in total. The minimum Gasteiger partial charge on any atom is -0.383 e. The molecule has 0 aromatic carbocycles. The fourth-order valence-corrected chi connectivity index (χ4v) is 1.38. The number of hydrogen-bond acceptors (Lipinski definition) is 4. The Hall–Kier alpha value is -1.62. The molecule has 0 aliphatic heterocycles. The number of methoxy groups -OCH3 is 1. The minimum atomic E-state index is 0.640. The van der Waals surface area contributed by atoms with Crippen molar-refractivity contribution in [3.05, 3.63) is 23.9 Å². The average molecular weight is 206 g/mol. The molecule has 2 heterocycles. The Labute approximate surface area is 88.1 Å². The maximum atomic E-state index is 4.94. The van der Waals surface area contributed by atoms with E-state index in [1.54, 1.807) is 11.6 Å². The number of nitrogens with zero attached hydrogens (tertiary/aromatic N) is 3. The molecule has 0 fully saturated rings. The van der Waals surface area contributed by atoms with Crippen LogP contribution in [0.3, 0.4) is 0 Å². The highest BCUT2D eigenvalue weighted by Gasteiger charge is 2.03. The van der Waals surface area contributed by atoms with Gasteiger partial charge in [-0.1, -0.05) is 6.07 Å². The third kappa shape index (κ3) is 2.07. The standard InChI is InChI=1S/C10H14N4O/c1-8-4-3-6-14-9(8)12-10(13-14)11-5-7-15-2/h3-4,6H,5,7H2,1-2H3,(H,11,13). The fraction of sp³-hybridized carbons (Fsp3) is 0.400. The van der Waals surface area contributed by atoms with Gasteiger partial charge < -0.3 is 10.1 Å². The van der Waals surface area contributed by atoms with Crippen molar-refractivity contribution in [1.29, 1.82) is 0 Å². The first-order valence-corrected chi connectivity index (χ1v) is 4.86. The molecule has 5 heteroatoms. The van der Waals surface area contributed by atoms with Crippen LogP contribution < -0.4 is 5.32 Å². The molecule has 0 spiro atoms. The Bertz CT molecular complexity index is 452. The van der Waals surface area contributed by atoms with Crippen LogP contribution in [0.1, 0.15) is 5.56 Å². The van der Waals surface area contributed by atoms with Gasteiger partial charge in [0.05, 0.1) is 6.61 Å². The van der Waals surface area contributed by atoms with Gasteiger partial charge in [-0.15, -0.1) is 5.10 Å². The van der Waals surface area contributed by atoms with Crippen molar-refractivity contribution in [1.82, 2.24) is 14.6 Å². The zero-order valence-corrected chi connectivity index (χ0v) is 8.90. The van der Waals surface area contributed by atoms with Crippen LogP contribution in [0.15, 0.2) is 18.3 Å². The highest BCUT2D eigenvalue weighted by atomic mass is 16.5. The second kappa shape index (κ2) is 4.27. The number of anilines is 1. The lowest BCUT2D eigenvalue weighted by molar-refractivity contribution is 0.210. The summed E-state index contributed by atoms with van der Waals surface area (Å²) in [6.07, 6.45) is 1.89. The molecule has 80 valence electrons. The van der Waals surface area contributed by atoms with Crippen LogP contribution in [0.2, 0.25) is 0 Å². The van der Waals surface area contributed by atoms with Gasteiger partial charge in [0.1, 0.15) is 0 Å². The summed E-state index contributed by atoms with van der Waals surface area (Å²) < 4.78 is 6.70. The summed E-state index contributed by atoms with van der Waals surface area (Å²) in [6, 6.07) is 3.97. The van der Waals surface area contributed by atoms with Crippen molar-refractivity contribution in [2.24, 2.45) is 0 Å². The first-order valence-electron chi connectivity index (χ1n) is 4.86. The molecule has 2 aromatic heterocycles. The molecular formula is C10H14N4O. The Morgan fingerprint density at radius 3 is 3.13 bits per heavy atom. The predicted molar refractivity (Wildman–Crippen MR) is 58.1 cm³/mol. The first-order chi connectivity index (χ1) is 7.31. The summed E-state index contributed by atoms with van der Waals surface area (Å²) >= 11 is 0. The predicted octanol–water partition coefficient (Wildman–Crippen LogP) is 1.10. The number of hydrogen-bond donors (Lipinski definition) is 1. The van der Waals surface area contributed by atoms with Crippen molar-refractivity contribution in [2.45, 2.75) is 6.92 Å². The maximum Gasteiger partial charge on any atom is 0.243 e. The number of ether oxygens (including phenoxy) is 1. The average Bonchev–Trinajstić information content (AvgIpc) is 2.63. The molecule has 2 aromatic rings. The highest BCUT2D eigenvalue weighted by molar-refractivity contribution is 5.49. The van der Waals surface area contributed by atoms with Gasteiger partial charge in [0.2, 0.25) is 5.95 Å². The van der Waals surface area contributed by atoms with E-state index in [1.165, 1.54) is 0 Å². The SMILES string of the molecule is COCCNc1nc2c(C)cccn2n1. The molecule has 1 N–H and O–H groups in total. The third-order valence-electron chi connectivity index (χ3n) is 2.15. The van der Waals surface area contributed by atoms with Gasteiger partial charge in [0.15, 0.2) is 5.65 Å². The summed E-state index contributed by atoms with van der Waals surface area (Å²) in [6.45, 7) is 3.38. The molecule has 0 amide bonds. The van der Waals surface area contributed by atoms with Crippen molar-refractivity contribution in [3.63, 3.8) is 0 Å². The number of aryl methyl sites for hydroxylation is 1. The van der Waals surface area contributed by atoms with Crippen LogP contribution in [-0.4, -0.2) is 34.9 Å². The molecular weight excluding hydrogens is 192 g/mol. The lowest BCUT2D eigenvalue weighted by Crippen LogP contribution is -2.08. The van der Waals surface area contributed by atoms with Crippen molar-refractivity contribution in [2.75, 3.05) is 25.6 Å². The second-order valence-electron chi connectivity index (χ2n) is 3.31. The topological polar surface area (TPSA) is 51.5 Å². The Kier molecular flexibility index (Phi) is 2.82. The van der Waals surface area contributed by atoms with Crippen LogP contribution >= 0.6 is 0 Å². The maximum absolute atomic E-state index is 4.94. The molecule has 0 atom stereocenters. The van der Waals surface area contributed by atoms with Gasteiger partial charge in [-0.25, -0.2) is 4.52 Å². The van der Waals surface area contributed by atoms with E-state index in [9.17, 15) is 0 Å². The lowest BCUT2D eigenvalue weighted by atomic mass is 10.3. The number of fused-ring (bicyclic) bond motifs is 1. The van der Waals surface area contributed by atoms with Crippen molar-refractivity contribution < 1.29 is 4.74 Å². The van der Waals surface area contributed by atoms with Gasteiger partial charge in [0.25, 0.3) is 0 Å². The van der Waals surface area contributed by atoms with Gasteiger partial charge in [-0.3, -0.25) is 0 Å². The Morgan fingerprint density at radius 2 is 2.40 bits per heavy atom. The van der Waals surface area contributed by atoms with Crippen LogP contribution in [0, 0.1) is 6.92 Å². The molecule has 0 aliphatic carbocycles. The third-order valence-corrected chi connectivity index (χ3v) is 2.15. The van der Waals surface area contributed by atoms with Gasteiger partial charge in [-0.2, -0.15) is 4.98 Å². The van der Waals surface area contributed by atoms with E-state index >= 15 is 0 Å². The number of nitrogens with one attached hydrogen (secondary N) is 1. The summed E-state index contributed by atoms with van der Waals surface area (Å²) in [5.74, 6) is 0.640. The largest absolute Gasteiger partial charge is 0.383 e. The van der Waals surface area contributed by atoms with E-state index in [0.717, 1.165) is 11.2 Å². The molecule has 0 saturated carbocycles. The van der Waals surface area contributed by atoms with E-state index in [2.05, 4.69) is 15.4 Å². The smallest absolute Gasteiger partial charge is 0.243 e. The summed E-state index contributed by atoms with van der Waals surface area (Å²) in [5, 5.41) is 7.38. The van der Waals surface area contributed by atoms with Gasteiger partial charge >= 0.3 is 0 Å².